The van der Waals surface area contributed by atoms with E-state index >= 15 is 0 Å². The number of H-pyrrole nitrogens is 1. The summed E-state index contributed by atoms with van der Waals surface area (Å²) in [5.74, 6) is -1.29. The number of carboxylic acids is 1. The summed E-state index contributed by atoms with van der Waals surface area (Å²) in [5.41, 5.74) is 0.585. The summed E-state index contributed by atoms with van der Waals surface area (Å²) >= 11 is 1.22. The first kappa shape index (κ1) is 13.1. The van der Waals surface area contributed by atoms with Crippen LogP contribution in [0.1, 0.15) is 10.4 Å². The smallest absolute Gasteiger partial charge is 0.234 e. The number of aromatic nitrogens is 3. The largest absolute Gasteiger partial charge is 0.545 e. The van der Waals surface area contributed by atoms with Gasteiger partial charge in [0.25, 0.3) is 0 Å². The number of hydrogen-bond donors (Lipinski definition) is 2. The van der Waals surface area contributed by atoms with Crippen molar-refractivity contribution in [3.63, 3.8) is 0 Å². The zero-order chi connectivity index (χ0) is 13.7. The van der Waals surface area contributed by atoms with E-state index in [1.54, 1.807) is 0 Å². The number of anilines is 1. The molecule has 0 radical (unpaired) electrons. The molecule has 0 fully saturated rings. The van der Waals surface area contributed by atoms with Gasteiger partial charge in [-0.25, -0.2) is 4.98 Å². The Morgan fingerprint density at radius 1 is 1.32 bits per heavy atom. The summed E-state index contributed by atoms with van der Waals surface area (Å²) in [4.78, 5) is 26.0. The van der Waals surface area contributed by atoms with Crippen LogP contribution in [0.5, 0.6) is 0 Å². The molecule has 0 spiro atoms. The fraction of sp³-hybridized carbons (Fsp3) is 0.0909. The van der Waals surface area contributed by atoms with E-state index in [0.717, 1.165) is 0 Å². The van der Waals surface area contributed by atoms with Crippen molar-refractivity contribution in [1.82, 2.24) is 15.2 Å². The molecule has 0 aliphatic carbocycles. The van der Waals surface area contributed by atoms with E-state index < -0.39 is 5.97 Å². The lowest BCUT2D eigenvalue weighted by Gasteiger charge is -2.06. The highest BCUT2D eigenvalue weighted by atomic mass is 32.2. The molecule has 2 rings (SSSR count). The van der Waals surface area contributed by atoms with Crippen molar-refractivity contribution in [3.8, 4) is 0 Å². The summed E-state index contributed by atoms with van der Waals surface area (Å²) in [6, 6.07) is 5.74. The van der Waals surface area contributed by atoms with E-state index in [0.29, 0.717) is 10.8 Å². The SMILES string of the molecule is O=C(CSc1ncn[nH]1)Nc1ccc(C(=O)[O-])cc1. The van der Waals surface area contributed by atoms with Crippen molar-refractivity contribution in [2.45, 2.75) is 5.16 Å². The van der Waals surface area contributed by atoms with Crippen molar-refractivity contribution in [2.24, 2.45) is 0 Å². The predicted octanol–water partition coefficient (Wildman–Crippen LogP) is -0.101. The average molecular weight is 277 g/mol. The number of hydrogen-bond acceptors (Lipinski definition) is 6. The van der Waals surface area contributed by atoms with Crippen LogP contribution in [0.2, 0.25) is 0 Å². The predicted molar refractivity (Wildman–Crippen MR) is 66.5 cm³/mol. The van der Waals surface area contributed by atoms with Gasteiger partial charge in [0, 0.05) is 5.69 Å². The first-order valence-electron chi connectivity index (χ1n) is 5.24. The van der Waals surface area contributed by atoms with Crippen LogP contribution in [-0.4, -0.2) is 32.8 Å². The van der Waals surface area contributed by atoms with Crippen LogP contribution in [0.25, 0.3) is 0 Å². The van der Waals surface area contributed by atoms with E-state index in [9.17, 15) is 14.7 Å². The number of nitrogens with zero attached hydrogens (tertiary/aromatic N) is 2. The Labute approximate surface area is 112 Å². The summed E-state index contributed by atoms with van der Waals surface area (Å²) < 4.78 is 0. The van der Waals surface area contributed by atoms with Crippen LogP contribution in [0.3, 0.4) is 0 Å². The second kappa shape index (κ2) is 6.01. The zero-order valence-electron chi connectivity index (χ0n) is 9.62. The maximum Gasteiger partial charge on any atom is 0.234 e. The van der Waals surface area contributed by atoms with Gasteiger partial charge < -0.3 is 15.2 Å². The molecule has 1 amide bonds. The fourth-order valence-corrected chi connectivity index (χ4v) is 1.86. The zero-order valence-corrected chi connectivity index (χ0v) is 10.4. The van der Waals surface area contributed by atoms with E-state index in [4.69, 9.17) is 0 Å². The minimum atomic E-state index is -1.25. The van der Waals surface area contributed by atoms with Crippen LogP contribution < -0.4 is 10.4 Å². The molecular formula is C11H9N4O3S-. The second-order valence-corrected chi connectivity index (χ2v) is 4.46. The summed E-state index contributed by atoms with van der Waals surface area (Å²) in [6.45, 7) is 0. The molecule has 0 aliphatic heterocycles. The summed E-state index contributed by atoms with van der Waals surface area (Å²) in [6.07, 6.45) is 1.36. The first-order valence-corrected chi connectivity index (χ1v) is 6.23. The van der Waals surface area contributed by atoms with E-state index in [1.807, 2.05) is 0 Å². The number of aromatic carboxylic acids is 1. The minimum Gasteiger partial charge on any atom is -0.545 e. The van der Waals surface area contributed by atoms with Crippen LogP contribution in [-0.2, 0) is 4.79 Å². The van der Waals surface area contributed by atoms with E-state index in [2.05, 4.69) is 20.5 Å². The highest BCUT2D eigenvalue weighted by Crippen LogP contribution is 2.13. The maximum atomic E-state index is 11.6. The van der Waals surface area contributed by atoms with Gasteiger partial charge >= 0.3 is 0 Å². The number of rotatable bonds is 5. The number of aromatic amines is 1. The van der Waals surface area contributed by atoms with Gasteiger partial charge in [0.15, 0.2) is 5.16 Å². The molecular weight excluding hydrogens is 268 g/mol. The average Bonchev–Trinajstić information content (AvgIpc) is 2.90. The molecule has 1 aromatic carbocycles. The highest BCUT2D eigenvalue weighted by molar-refractivity contribution is 7.99. The monoisotopic (exact) mass is 277 g/mol. The van der Waals surface area contributed by atoms with Gasteiger partial charge in [-0.2, -0.15) is 5.10 Å². The van der Waals surface area contributed by atoms with Gasteiger partial charge in [-0.1, -0.05) is 23.9 Å². The topological polar surface area (TPSA) is 111 Å². The lowest BCUT2D eigenvalue weighted by Crippen LogP contribution is -2.22. The molecule has 1 aromatic heterocycles. The van der Waals surface area contributed by atoms with Crippen LogP contribution >= 0.6 is 11.8 Å². The molecule has 2 aromatic rings. The third kappa shape index (κ3) is 3.81. The van der Waals surface area contributed by atoms with Gasteiger partial charge in [-0.05, 0) is 17.7 Å². The van der Waals surface area contributed by atoms with Gasteiger partial charge in [0.05, 0.1) is 11.7 Å². The molecule has 1 heterocycles. The molecule has 0 aliphatic rings. The number of thioether (sulfide) groups is 1. The molecule has 19 heavy (non-hydrogen) atoms. The van der Waals surface area contributed by atoms with Crippen LogP contribution in [0.15, 0.2) is 35.7 Å². The van der Waals surface area contributed by atoms with E-state index in [1.165, 1.54) is 42.4 Å². The standard InChI is InChI=1S/C11H10N4O3S/c16-9(5-19-11-12-6-13-15-11)14-8-3-1-7(2-4-8)10(17)18/h1-4,6H,5H2,(H,14,16)(H,17,18)(H,12,13,15)/p-1. The van der Waals surface area contributed by atoms with E-state index in [-0.39, 0.29) is 17.2 Å². The lowest BCUT2D eigenvalue weighted by atomic mass is 10.2. The van der Waals surface area contributed by atoms with Gasteiger partial charge in [-0.15, -0.1) is 0 Å². The van der Waals surface area contributed by atoms with Crippen molar-refractivity contribution < 1.29 is 14.7 Å². The third-order valence-corrected chi connectivity index (χ3v) is 3.01. The number of carboxylic acid groups (broad SMARTS) is 1. The molecule has 98 valence electrons. The number of carbonyl (C=O) groups is 2. The molecule has 0 saturated carbocycles. The van der Waals surface area contributed by atoms with Crippen LogP contribution in [0, 0.1) is 0 Å². The molecule has 2 N–H and O–H groups in total. The van der Waals surface area contributed by atoms with Gasteiger partial charge in [0.2, 0.25) is 5.91 Å². The van der Waals surface area contributed by atoms with Crippen molar-refractivity contribution >= 4 is 29.3 Å². The molecule has 8 heteroatoms. The highest BCUT2D eigenvalue weighted by Gasteiger charge is 2.05. The number of carbonyl (C=O) groups excluding carboxylic acids is 2. The summed E-state index contributed by atoms with van der Waals surface area (Å²) in [7, 11) is 0. The molecule has 0 unspecified atom stereocenters. The number of nitrogens with one attached hydrogen (secondary N) is 2. The second-order valence-electron chi connectivity index (χ2n) is 3.49. The van der Waals surface area contributed by atoms with Gasteiger partial charge in [0.1, 0.15) is 6.33 Å². The molecule has 0 atom stereocenters. The van der Waals surface area contributed by atoms with Crippen LogP contribution in [0.4, 0.5) is 5.69 Å². The Balaban J connectivity index is 1.86. The van der Waals surface area contributed by atoms with Crippen molar-refractivity contribution in [2.75, 3.05) is 11.1 Å². The Morgan fingerprint density at radius 2 is 2.05 bits per heavy atom. The number of benzene rings is 1. The minimum absolute atomic E-state index is 0.0639. The number of amides is 1. The normalized spacial score (nSPS) is 10.1. The Kier molecular flexibility index (Phi) is 4.14. The molecule has 7 nitrogen and oxygen atoms in total. The van der Waals surface area contributed by atoms with Crippen molar-refractivity contribution in [3.05, 3.63) is 36.2 Å². The van der Waals surface area contributed by atoms with Crippen molar-refractivity contribution in [1.29, 1.82) is 0 Å². The fourth-order valence-electron chi connectivity index (χ4n) is 1.28. The first-order chi connectivity index (χ1) is 9.15. The Hall–Kier alpha value is -2.35. The summed E-state index contributed by atoms with van der Waals surface area (Å²) in [5, 5.41) is 20.0. The maximum absolute atomic E-state index is 11.6. The lowest BCUT2D eigenvalue weighted by molar-refractivity contribution is -0.255. The Bertz CT molecular complexity index is 568. The molecule has 0 bridgehead atoms. The molecule has 0 saturated heterocycles. The van der Waals surface area contributed by atoms with Gasteiger partial charge in [-0.3, -0.25) is 9.89 Å². The third-order valence-electron chi connectivity index (χ3n) is 2.14. The quantitative estimate of drug-likeness (QED) is 0.738. The Morgan fingerprint density at radius 3 is 2.63 bits per heavy atom.